The molecule has 2 rings (SSSR count). The van der Waals surface area contributed by atoms with Gasteiger partial charge in [-0.3, -0.25) is 4.79 Å². The van der Waals surface area contributed by atoms with Crippen molar-refractivity contribution in [2.24, 2.45) is 0 Å². The molecule has 0 aliphatic carbocycles. The molecule has 5 nitrogen and oxygen atoms in total. The summed E-state index contributed by atoms with van der Waals surface area (Å²) in [7, 11) is 0. The van der Waals surface area contributed by atoms with Crippen molar-refractivity contribution in [3.8, 4) is 0 Å². The van der Waals surface area contributed by atoms with E-state index in [2.05, 4.69) is 11.9 Å². The van der Waals surface area contributed by atoms with Gasteiger partial charge in [0.1, 0.15) is 5.60 Å². The molecule has 1 heterocycles. The molecular formula is C20H28N2O3. The molecule has 1 aliphatic heterocycles. The predicted molar refractivity (Wildman–Crippen MR) is 99.6 cm³/mol. The van der Waals surface area contributed by atoms with Gasteiger partial charge in [-0.15, -0.1) is 0 Å². The molecule has 1 aromatic rings. The van der Waals surface area contributed by atoms with Crippen LogP contribution in [0.2, 0.25) is 0 Å². The van der Waals surface area contributed by atoms with E-state index in [0.29, 0.717) is 18.7 Å². The molecule has 2 amide bonds. The Morgan fingerprint density at radius 1 is 1.28 bits per heavy atom. The molecule has 1 fully saturated rings. The van der Waals surface area contributed by atoms with Crippen molar-refractivity contribution >= 4 is 18.1 Å². The Balaban J connectivity index is 1.92. The zero-order valence-corrected chi connectivity index (χ0v) is 15.6. The Labute approximate surface area is 150 Å². The minimum absolute atomic E-state index is 0.0596. The summed E-state index contributed by atoms with van der Waals surface area (Å²) in [5.41, 5.74) is 2.05. The smallest absolute Gasteiger partial charge is 0.410 e. The number of aryl methyl sites for hydroxylation is 1. The molecule has 0 radical (unpaired) electrons. The molecule has 0 spiro atoms. The molecule has 0 aromatic heterocycles. The van der Waals surface area contributed by atoms with Gasteiger partial charge in [0, 0.05) is 24.7 Å². The number of piperidine rings is 1. The van der Waals surface area contributed by atoms with Gasteiger partial charge in [-0.05, 0) is 57.7 Å². The summed E-state index contributed by atoms with van der Waals surface area (Å²) in [5.74, 6) is -0.0886. The molecule has 0 saturated carbocycles. The number of hydrogen-bond acceptors (Lipinski definition) is 3. The molecule has 1 aromatic carbocycles. The number of hydrogen-bond donors (Lipinski definition) is 1. The number of ether oxygens (including phenoxy) is 1. The van der Waals surface area contributed by atoms with Gasteiger partial charge in [-0.25, -0.2) is 4.79 Å². The maximum atomic E-state index is 12.6. The van der Waals surface area contributed by atoms with Crippen LogP contribution in [0, 0.1) is 6.92 Å². The van der Waals surface area contributed by atoms with Crippen LogP contribution in [0.5, 0.6) is 0 Å². The number of rotatable bonds is 3. The van der Waals surface area contributed by atoms with Crippen molar-refractivity contribution < 1.29 is 14.3 Å². The summed E-state index contributed by atoms with van der Waals surface area (Å²) < 4.78 is 5.39. The fourth-order valence-corrected chi connectivity index (χ4v) is 2.95. The van der Waals surface area contributed by atoms with E-state index in [-0.39, 0.29) is 18.0 Å². The van der Waals surface area contributed by atoms with Crippen LogP contribution in [0.3, 0.4) is 0 Å². The lowest BCUT2D eigenvalue weighted by Gasteiger charge is -2.33. The average Bonchev–Trinajstić information content (AvgIpc) is 2.53. The Bertz CT molecular complexity index is 653. The van der Waals surface area contributed by atoms with Gasteiger partial charge in [-0.1, -0.05) is 24.8 Å². The van der Waals surface area contributed by atoms with Crippen LogP contribution < -0.4 is 5.32 Å². The lowest BCUT2D eigenvalue weighted by Crippen LogP contribution is -2.47. The first kappa shape index (κ1) is 19.0. The van der Waals surface area contributed by atoms with Crippen LogP contribution in [-0.2, 0) is 4.74 Å². The van der Waals surface area contributed by atoms with Gasteiger partial charge in [0.05, 0.1) is 0 Å². The van der Waals surface area contributed by atoms with Crippen molar-refractivity contribution in [3.63, 3.8) is 0 Å². The topological polar surface area (TPSA) is 58.6 Å². The van der Waals surface area contributed by atoms with E-state index in [0.717, 1.165) is 24.0 Å². The highest BCUT2D eigenvalue weighted by atomic mass is 16.6. The van der Waals surface area contributed by atoms with Crippen molar-refractivity contribution in [1.82, 2.24) is 10.2 Å². The highest BCUT2D eigenvalue weighted by molar-refractivity contribution is 5.98. The average molecular weight is 344 g/mol. The van der Waals surface area contributed by atoms with E-state index < -0.39 is 5.60 Å². The second-order valence-corrected chi connectivity index (χ2v) is 7.46. The van der Waals surface area contributed by atoms with E-state index in [9.17, 15) is 9.59 Å². The van der Waals surface area contributed by atoms with E-state index in [1.54, 1.807) is 11.0 Å². The number of amides is 2. The lowest BCUT2D eigenvalue weighted by atomic mass is 10.00. The summed E-state index contributed by atoms with van der Waals surface area (Å²) in [6.45, 7) is 12.5. The third-order valence-electron chi connectivity index (χ3n) is 4.25. The van der Waals surface area contributed by atoms with E-state index in [4.69, 9.17) is 4.74 Å². The minimum atomic E-state index is -0.492. The molecule has 1 aliphatic rings. The van der Waals surface area contributed by atoms with Crippen molar-refractivity contribution in [1.29, 1.82) is 0 Å². The third-order valence-corrected chi connectivity index (χ3v) is 4.25. The summed E-state index contributed by atoms with van der Waals surface area (Å²) in [6.07, 6.45) is 2.88. The Hall–Kier alpha value is -2.30. The molecule has 0 unspecified atom stereocenters. The van der Waals surface area contributed by atoms with Crippen LogP contribution >= 0.6 is 0 Å². The van der Waals surface area contributed by atoms with Gasteiger partial charge in [0.25, 0.3) is 5.91 Å². The Morgan fingerprint density at radius 2 is 1.92 bits per heavy atom. The highest BCUT2D eigenvalue weighted by Gasteiger charge is 2.27. The van der Waals surface area contributed by atoms with Crippen molar-refractivity contribution in [3.05, 3.63) is 41.5 Å². The number of nitrogens with zero attached hydrogens (tertiary/aromatic N) is 1. The van der Waals surface area contributed by atoms with Crippen LogP contribution in [0.25, 0.3) is 6.08 Å². The standard InChI is InChI=1S/C20H28N2O3/c1-6-16-14(2)8-7-9-17(16)18(23)21-15-10-12-22(13-11-15)19(24)25-20(3,4)5/h6-9,15H,1,10-13H2,2-5H3,(H,21,23). The fraction of sp³-hybridized carbons (Fsp3) is 0.500. The number of likely N-dealkylation sites (tertiary alicyclic amines) is 1. The Morgan fingerprint density at radius 3 is 2.48 bits per heavy atom. The van der Waals surface area contributed by atoms with Crippen LogP contribution in [0.1, 0.15) is 55.1 Å². The summed E-state index contributed by atoms with van der Waals surface area (Å²) in [6, 6.07) is 5.72. The maximum absolute atomic E-state index is 12.6. The summed E-state index contributed by atoms with van der Waals surface area (Å²) >= 11 is 0. The zero-order chi connectivity index (χ0) is 18.6. The number of carbonyl (C=O) groups excluding carboxylic acids is 2. The highest BCUT2D eigenvalue weighted by Crippen LogP contribution is 2.18. The number of carbonyl (C=O) groups is 2. The SMILES string of the molecule is C=Cc1c(C)cccc1C(=O)NC1CCN(C(=O)OC(C)(C)C)CC1. The largest absolute Gasteiger partial charge is 0.444 e. The maximum Gasteiger partial charge on any atom is 0.410 e. The van der Waals surface area contributed by atoms with Gasteiger partial charge in [-0.2, -0.15) is 0 Å². The Kier molecular flexibility index (Phi) is 5.88. The van der Waals surface area contributed by atoms with Gasteiger partial charge in [0.15, 0.2) is 0 Å². The molecule has 1 N–H and O–H groups in total. The zero-order valence-electron chi connectivity index (χ0n) is 15.6. The third kappa shape index (κ3) is 5.08. The van der Waals surface area contributed by atoms with Crippen molar-refractivity contribution in [2.45, 2.75) is 52.2 Å². The fourth-order valence-electron chi connectivity index (χ4n) is 2.95. The van der Waals surface area contributed by atoms with Gasteiger partial charge >= 0.3 is 6.09 Å². The molecular weight excluding hydrogens is 316 g/mol. The van der Waals surface area contributed by atoms with Gasteiger partial charge < -0.3 is 15.0 Å². The van der Waals surface area contributed by atoms with E-state index in [1.807, 2.05) is 45.9 Å². The first-order valence-corrected chi connectivity index (χ1v) is 8.72. The molecule has 5 heteroatoms. The lowest BCUT2D eigenvalue weighted by molar-refractivity contribution is 0.0199. The van der Waals surface area contributed by atoms with Crippen LogP contribution in [0.15, 0.2) is 24.8 Å². The molecule has 0 atom stereocenters. The first-order chi connectivity index (χ1) is 11.7. The van der Waals surface area contributed by atoms with E-state index >= 15 is 0 Å². The first-order valence-electron chi connectivity index (χ1n) is 8.72. The van der Waals surface area contributed by atoms with E-state index in [1.165, 1.54) is 0 Å². The molecule has 136 valence electrons. The monoisotopic (exact) mass is 344 g/mol. The van der Waals surface area contributed by atoms with Crippen LogP contribution in [-0.4, -0.2) is 41.6 Å². The summed E-state index contributed by atoms with van der Waals surface area (Å²) in [5, 5.41) is 3.08. The molecule has 1 saturated heterocycles. The molecule has 0 bridgehead atoms. The summed E-state index contributed by atoms with van der Waals surface area (Å²) in [4.78, 5) is 26.4. The normalized spacial score (nSPS) is 15.6. The number of benzene rings is 1. The predicted octanol–water partition coefficient (Wildman–Crippen LogP) is 3.77. The van der Waals surface area contributed by atoms with Gasteiger partial charge in [0.2, 0.25) is 0 Å². The quantitative estimate of drug-likeness (QED) is 0.908. The minimum Gasteiger partial charge on any atom is -0.444 e. The van der Waals surface area contributed by atoms with Crippen molar-refractivity contribution in [2.75, 3.05) is 13.1 Å². The number of nitrogens with one attached hydrogen (secondary N) is 1. The second-order valence-electron chi connectivity index (χ2n) is 7.46. The molecule has 25 heavy (non-hydrogen) atoms. The van der Waals surface area contributed by atoms with Crippen LogP contribution in [0.4, 0.5) is 4.79 Å². The second kappa shape index (κ2) is 7.72.